The van der Waals surface area contributed by atoms with Crippen LogP contribution < -0.4 is 20.1 Å². The van der Waals surface area contributed by atoms with E-state index in [2.05, 4.69) is 29.7 Å². The molecule has 0 bridgehead atoms. The first-order valence-electron chi connectivity index (χ1n) is 11.0. The Bertz CT molecular complexity index is 630. The number of ether oxygens (including phenoxy) is 3. The average Bonchev–Trinajstić information content (AvgIpc) is 2.70. The zero-order valence-corrected chi connectivity index (χ0v) is 18.7. The van der Waals surface area contributed by atoms with Gasteiger partial charge in [-0.1, -0.05) is 12.5 Å². The van der Waals surface area contributed by atoms with Crippen molar-refractivity contribution in [1.29, 1.82) is 0 Å². The molecular formula is C23H39N3O3. The van der Waals surface area contributed by atoms with Crippen LogP contribution in [0.1, 0.15) is 51.5 Å². The van der Waals surface area contributed by atoms with Crippen molar-refractivity contribution in [1.82, 2.24) is 10.6 Å². The molecule has 6 nitrogen and oxygen atoms in total. The van der Waals surface area contributed by atoms with E-state index in [1.807, 2.05) is 13.0 Å². The fraction of sp³-hybridized carbons (Fsp3) is 0.696. The van der Waals surface area contributed by atoms with Crippen LogP contribution in [0.15, 0.2) is 23.2 Å². The van der Waals surface area contributed by atoms with Crippen LogP contribution in [0, 0.1) is 5.41 Å². The summed E-state index contributed by atoms with van der Waals surface area (Å²) in [4.78, 5) is 4.87. The zero-order chi connectivity index (χ0) is 21.0. The van der Waals surface area contributed by atoms with E-state index < -0.39 is 0 Å². The van der Waals surface area contributed by atoms with Crippen molar-refractivity contribution >= 4 is 5.96 Å². The van der Waals surface area contributed by atoms with Crippen LogP contribution in [0.4, 0.5) is 0 Å². The van der Waals surface area contributed by atoms with Gasteiger partial charge in [-0.2, -0.15) is 0 Å². The normalized spacial score (nSPS) is 15.5. The summed E-state index contributed by atoms with van der Waals surface area (Å²) in [6, 6.07) is 6.17. The Kier molecular flexibility index (Phi) is 10.1. The minimum Gasteiger partial charge on any atom is -0.493 e. The molecule has 1 aliphatic carbocycles. The van der Waals surface area contributed by atoms with Gasteiger partial charge in [-0.05, 0) is 69.1 Å². The molecule has 2 rings (SSSR count). The quantitative estimate of drug-likeness (QED) is 0.297. The predicted molar refractivity (Wildman–Crippen MR) is 119 cm³/mol. The Morgan fingerprint density at radius 1 is 1.14 bits per heavy atom. The second-order valence-electron chi connectivity index (χ2n) is 7.74. The van der Waals surface area contributed by atoms with Crippen LogP contribution in [0.25, 0.3) is 0 Å². The number of methoxy groups -OCH3 is 2. The summed E-state index contributed by atoms with van der Waals surface area (Å²) in [6.45, 7) is 8.18. The monoisotopic (exact) mass is 405 g/mol. The number of aryl methyl sites for hydroxylation is 1. The first-order chi connectivity index (χ1) is 14.2. The number of hydrogen-bond acceptors (Lipinski definition) is 4. The Labute approximate surface area is 176 Å². The molecule has 1 saturated carbocycles. The van der Waals surface area contributed by atoms with Gasteiger partial charge in [0.15, 0.2) is 17.5 Å². The van der Waals surface area contributed by atoms with Crippen LogP contribution in [0.2, 0.25) is 0 Å². The molecule has 164 valence electrons. The van der Waals surface area contributed by atoms with Gasteiger partial charge in [0.1, 0.15) is 0 Å². The van der Waals surface area contributed by atoms with Crippen molar-refractivity contribution in [2.75, 3.05) is 47.1 Å². The number of benzene rings is 1. The number of hydrogen-bond donors (Lipinski definition) is 2. The highest BCUT2D eigenvalue weighted by Crippen LogP contribution is 2.44. The molecule has 0 spiro atoms. The van der Waals surface area contributed by atoms with Crippen molar-refractivity contribution in [2.24, 2.45) is 10.4 Å². The number of aliphatic imine (C=N–C) groups is 1. The molecule has 0 aromatic heterocycles. The van der Waals surface area contributed by atoms with Gasteiger partial charge in [0, 0.05) is 33.4 Å². The minimum atomic E-state index is 0.344. The number of guanidine groups is 1. The second-order valence-corrected chi connectivity index (χ2v) is 7.74. The van der Waals surface area contributed by atoms with Crippen LogP contribution in [-0.4, -0.2) is 53.0 Å². The molecule has 0 atom stereocenters. The van der Waals surface area contributed by atoms with Gasteiger partial charge in [0.05, 0.1) is 13.7 Å². The van der Waals surface area contributed by atoms with E-state index in [4.69, 9.17) is 19.2 Å². The molecule has 6 heteroatoms. The third-order valence-electron chi connectivity index (χ3n) is 5.63. The molecule has 1 fully saturated rings. The smallest absolute Gasteiger partial charge is 0.191 e. The zero-order valence-electron chi connectivity index (χ0n) is 18.7. The molecular weight excluding hydrogens is 366 g/mol. The lowest BCUT2D eigenvalue weighted by molar-refractivity contribution is 0.0778. The van der Waals surface area contributed by atoms with Crippen LogP contribution in [0.5, 0.6) is 11.5 Å². The summed E-state index contributed by atoms with van der Waals surface area (Å²) in [6.07, 6.45) is 6.95. The topological polar surface area (TPSA) is 64.1 Å². The molecule has 0 amide bonds. The van der Waals surface area contributed by atoms with Crippen molar-refractivity contribution in [3.8, 4) is 11.5 Å². The second kappa shape index (κ2) is 12.6. The van der Waals surface area contributed by atoms with E-state index in [0.29, 0.717) is 12.0 Å². The highest BCUT2D eigenvalue weighted by Gasteiger charge is 2.36. The third-order valence-corrected chi connectivity index (χ3v) is 5.63. The lowest BCUT2D eigenvalue weighted by atomic mass is 9.67. The van der Waals surface area contributed by atoms with Crippen molar-refractivity contribution in [2.45, 2.75) is 52.4 Å². The summed E-state index contributed by atoms with van der Waals surface area (Å²) in [5.74, 6) is 2.52. The van der Waals surface area contributed by atoms with E-state index in [0.717, 1.165) is 63.0 Å². The van der Waals surface area contributed by atoms with E-state index >= 15 is 0 Å². The van der Waals surface area contributed by atoms with Crippen molar-refractivity contribution < 1.29 is 14.2 Å². The van der Waals surface area contributed by atoms with Crippen LogP contribution >= 0.6 is 0 Å². The van der Waals surface area contributed by atoms with Gasteiger partial charge < -0.3 is 24.8 Å². The SMILES string of the molecule is CCNC(=NCC1(CCOC)CCC1)NCCCc1ccc(OC)c(OCC)c1. The molecule has 0 heterocycles. The number of rotatable bonds is 13. The van der Waals surface area contributed by atoms with Gasteiger partial charge in [-0.3, -0.25) is 4.99 Å². The lowest BCUT2D eigenvalue weighted by Gasteiger charge is -2.40. The van der Waals surface area contributed by atoms with Gasteiger partial charge in [-0.15, -0.1) is 0 Å². The van der Waals surface area contributed by atoms with Crippen molar-refractivity contribution in [3.05, 3.63) is 23.8 Å². The highest BCUT2D eigenvalue weighted by atomic mass is 16.5. The molecule has 1 aliphatic rings. The average molecular weight is 406 g/mol. The van der Waals surface area contributed by atoms with E-state index in [-0.39, 0.29) is 0 Å². The van der Waals surface area contributed by atoms with E-state index in [1.165, 1.54) is 24.8 Å². The molecule has 0 radical (unpaired) electrons. The Hall–Kier alpha value is -1.95. The van der Waals surface area contributed by atoms with Crippen molar-refractivity contribution in [3.63, 3.8) is 0 Å². The molecule has 0 unspecified atom stereocenters. The standard InChI is InChI=1S/C23H39N3O3/c1-5-24-22(26-18-23(12-8-13-23)14-16-27-3)25-15-7-9-19-10-11-20(28-4)21(17-19)29-6-2/h10-11,17H,5-9,12-16,18H2,1-4H3,(H2,24,25,26). The van der Waals surface area contributed by atoms with Gasteiger partial charge in [0.2, 0.25) is 0 Å². The number of nitrogens with zero attached hydrogens (tertiary/aromatic N) is 1. The Morgan fingerprint density at radius 2 is 1.97 bits per heavy atom. The molecule has 29 heavy (non-hydrogen) atoms. The summed E-state index contributed by atoms with van der Waals surface area (Å²) < 4.78 is 16.3. The molecule has 1 aromatic rings. The maximum absolute atomic E-state index is 5.67. The van der Waals surface area contributed by atoms with E-state index in [9.17, 15) is 0 Å². The molecule has 0 aliphatic heterocycles. The summed E-state index contributed by atoms with van der Waals surface area (Å²) in [5, 5.41) is 6.85. The molecule has 2 N–H and O–H groups in total. The summed E-state index contributed by atoms with van der Waals surface area (Å²) >= 11 is 0. The number of nitrogens with one attached hydrogen (secondary N) is 2. The fourth-order valence-electron chi connectivity index (χ4n) is 3.72. The molecule has 0 saturated heterocycles. The maximum Gasteiger partial charge on any atom is 0.191 e. The Balaban J connectivity index is 1.82. The fourth-order valence-corrected chi connectivity index (χ4v) is 3.72. The lowest BCUT2D eigenvalue weighted by Crippen LogP contribution is -2.40. The predicted octanol–water partition coefficient (Wildman–Crippen LogP) is 3.79. The molecule has 1 aromatic carbocycles. The largest absolute Gasteiger partial charge is 0.493 e. The minimum absolute atomic E-state index is 0.344. The van der Waals surface area contributed by atoms with E-state index in [1.54, 1.807) is 14.2 Å². The highest BCUT2D eigenvalue weighted by molar-refractivity contribution is 5.79. The van der Waals surface area contributed by atoms with Gasteiger partial charge in [-0.25, -0.2) is 0 Å². The first-order valence-corrected chi connectivity index (χ1v) is 11.0. The maximum atomic E-state index is 5.67. The first kappa shape index (κ1) is 23.3. The Morgan fingerprint density at radius 3 is 2.59 bits per heavy atom. The van der Waals surface area contributed by atoms with Gasteiger partial charge >= 0.3 is 0 Å². The van der Waals surface area contributed by atoms with Gasteiger partial charge in [0.25, 0.3) is 0 Å². The summed E-state index contributed by atoms with van der Waals surface area (Å²) in [7, 11) is 3.45. The van der Waals surface area contributed by atoms with Crippen LogP contribution in [0.3, 0.4) is 0 Å². The third kappa shape index (κ3) is 7.42. The summed E-state index contributed by atoms with van der Waals surface area (Å²) in [5.41, 5.74) is 1.60. The van der Waals surface area contributed by atoms with Crippen LogP contribution in [-0.2, 0) is 11.2 Å².